The van der Waals surface area contributed by atoms with Crippen LogP contribution in [0.5, 0.6) is 5.75 Å². The Kier molecular flexibility index (Phi) is 5.32. The van der Waals surface area contributed by atoms with E-state index in [9.17, 15) is 14.7 Å². The smallest absolute Gasteiger partial charge is 0.290 e. The summed E-state index contributed by atoms with van der Waals surface area (Å²) in [5, 5.41) is 10.5. The first-order valence-electron chi connectivity index (χ1n) is 8.46. The molecule has 1 aromatic heterocycles. The van der Waals surface area contributed by atoms with Gasteiger partial charge in [0.25, 0.3) is 5.91 Å². The van der Waals surface area contributed by atoms with Gasteiger partial charge in [-0.3, -0.25) is 9.59 Å². The Morgan fingerprint density at radius 1 is 1.19 bits per heavy atom. The molecule has 27 heavy (non-hydrogen) atoms. The van der Waals surface area contributed by atoms with Crippen LogP contribution in [0.1, 0.15) is 27.9 Å². The summed E-state index contributed by atoms with van der Waals surface area (Å²) < 4.78 is 15.7. The summed E-state index contributed by atoms with van der Waals surface area (Å²) >= 11 is 0. The van der Waals surface area contributed by atoms with Crippen molar-refractivity contribution >= 4 is 11.7 Å². The number of carbonyl (C=O) groups excluding carboxylic acids is 2. The number of aliphatic hydroxyl groups excluding tert-OH is 1. The molecule has 1 aliphatic rings. The highest BCUT2D eigenvalue weighted by atomic mass is 16.5. The van der Waals surface area contributed by atoms with E-state index in [0.29, 0.717) is 17.1 Å². The average molecular weight is 371 g/mol. The van der Waals surface area contributed by atoms with E-state index < -0.39 is 23.5 Å². The van der Waals surface area contributed by atoms with E-state index in [-0.39, 0.29) is 24.5 Å². The first-order chi connectivity index (χ1) is 13.0. The Bertz CT molecular complexity index is 880. The first kappa shape index (κ1) is 18.7. The summed E-state index contributed by atoms with van der Waals surface area (Å²) in [6.45, 7) is 2.22. The lowest BCUT2D eigenvalue weighted by atomic mass is 9.95. The van der Waals surface area contributed by atoms with E-state index in [1.807, 2.05) is 0 Å². The number of rotatable bonds is 7. The molecule has 7 heteroatoms. The number of hydrogen-bond acceptors (Lipinski definition) is 6. The highest BCUT2D eigenvalue weighted by Crippen LogP contribution is 2.39. The van der Waals surface area contributed by atoms with Crippen LogP contribution in [0, 0.1) is 6.92 Å². The number of carbonyl (C=O) groups is 2. The molecule has 0 aliphatic carbocycles. The molecule has 0 fully saturated rings. The Labute approximate surface area is 156 Å². The number of hydrogen-bond donors (Lipinski definition) is 1. The van der Waals surface area contributed by atoms with Crippen LogP contribution >= 0.6 is 0 Å². The lowest BCUT2D eigenvalue weighted by Crippen LogP contribution is -2.33. The molecule has 3 rings (SSSR count). The predicted octanol–water partition coefficient (Wildman–Crippen LogP) is 2.82. The third-order valence-electron chi connectivity index (χ3n) is 4.48. The standard InChI is InChI=1S/C20H21NO6/c1-12-4-9-15(27-12)18(22)16-17(13-5-7-14(26-3)8-6-13)21(10-11-25-2)20(24)19(16)23/h4-9,17,23H,10-11H2,1-3H3. The van der Waals surface area contributed by atoms with Gasteiger partial charge in [-0.2, -0.15) is 0 Å². The third kappa shape index (κ3) is 3.46. The molecular formula is C20H21NO6. The second-order valence-electron chi connectivity index (χ2n) is 6.17. The summed E-state index contributed by atoms with van der Waals surface area (Å²) in [6.07, 6.45) is 0. The van der Waals surface area contributed by atoms with Gasteiger partial charge in [-0.05, 0) is 36.8 Å². The summed E-state index contributed by atoms with van der Waals surface area (Å²) in [5.41, 5.74) is 0.673. The molecule has 1 aromatic carbocycles. The zero-order valence-corrected chi connectivity index (χ0v) is 15.4. The molecule has 142 valence electrons. The van der Waals surface area contributed by atoms with Crippen LogP contribution in [-0.2, 0) is 9.53 Å². The maximum absolute atomic E-state index is 13.0. The highest BCUT2D eigenvalue weighted by Gasteiger charge is 2.44. The van der Waals surface area contributed by atoms with Crippen molar-refractivity contribution in [1.29, 1.82) is 0 Å². The minimum Gasteiger partial charge on any atom is -0.503 e. The van der Waals surface area contributed by atoms with Gasteiger partial charge in [0.15, 0.2) is 11.5 Å². The fourth-order valence-electron chi connectivity index (χ4n) is 3.13. The molecule has 0 saturated heterocycles. The Morgan fingerprint density at radius 2 is 1.89 bits per heavy atom. The van der Waals surface area contributed by atoms with Crippen molar-refractivity contribution in [1.82, 2.24) is 4.90 Å². The molecule has 1 atom stereocenters. The second kappa shape index (κ2) is 7.67. The van der Waals surface area contributed by atoms with Gasteiger partial charge in [-0.15, -0.1) is 0 Å². The highest BCUT2D eigenvalue weighted by molar-refractivity contribution is 6.15. The van der Waals surface area contributed by atoms with Gasteiger partial charge in [0.05, 0.1) is 25.3 Å². The van der Waals surface area contributed by atoms with E-state index in [4.69, 9.17) is 13.9 Å². The third-order valence-corrected chi connectivity index (χ3v) is 4.48. The van der Waals surface area contributed by atoms with Crippen molar-refractivity contribution in [3.63, 3.8) is 0 Å². The van der Waals surface area contributed by atoms with Crippen LogP contribution < -0.4 is 4.74 Å². The summed E-state index contributed by atoms with van der Waals surface area (Å²) in [6, 6.07) is 9.45. The molecule has 1 N–H and O–H groups in total. The van der Waals surface area contributed by atoms with E-state index in [0.717, 1.165) is 0 Å². The van der Waals surface area contributed by atoms with Crippen LogP contribution in [0.25, 0.3) is 0 Å². The van der Waals surface area contributed by atoms with E-state index in [1.54, 1.807) is 44.4 Å². The molecule has 0 bridgehead atoms. The van der Waals surface area contributed by atoms with Crippen molar-refractivity contribution in [2.75, 3.05) is 27.4 Å². The first-order valence-corrected chi connectivity index (χ1v) is 8.46. The molecule has 0 saturated carbocycles. The van der Waals surface area contributed by atoms with Crippen LogP contribution in [0.2, 0.25) is 0 Å². The number of Topliss-reactive ketones (excluding diaryl/α,β-unsaturated/α-hetero) is 1. The molecule has 0 spiro atoms. The Hall–Kier alpha value is -3.06. The van der Waals surface area contributed by atoms with Crippen LogP contribution in [-0.4, -0.2) is 49.1 Å². The zero-order valence-electron chi connectivity index (χ0n) is 15.4. The van der Waals surface area contributed by atoms with E-state index in [2.05, 4.69) is 0 Å². The van der Waals surface area contributed by atoms with Gasteiger partial charge in [-0.1, -0.05) is 12.1 Å². The number of aryl methyl sites for hydroxylation is 1. The fourth-order valence-corrected chi connectivity index (χ4v) is 3.13. The van der Waals surface area contributed by atoms with Gasteiger partial charge in [0.2, 0.25) is 5.78 Å². The topological polar surface area (TPSA) is 89.2 Å². The molecule has 0 radical (unpaired) electrons. The van der Waals surface area contributed by atoms with Crippen molar-refractivity contribution in [2.24, 2.45) is 0 Å². The number of aliphatic hydroxyl groups is 1. The lowest BCUT2D eigenvalue weighted by molar-refractivity contribution is -0.130. The van der Waals surface area contributed by atoms with E-state index >= 15 is 0 Å². The molecule has 7 nitrogen and oxygen atoms in total. The summed E-state index contributed by atoms with van der Waals surface area (Å²) in [5.74, 6) is -0.400. The second-order valence-corrected chi connectivity index (χ2v) is 6.17. The van der Waals surface area contributed by atoms with Crippen molar-refractivity contribution < 1.29 is 28.6 Å². The van der Waals surface area contributed by atoms with Crippen LogP contribution in [0.3, 0.4) is 0 Å². The predicted molar refractivity (Wildman–Crippen MR) is 96.8 cm³/mol. The number of ether oxygens (including phenoxy) is 2. The number of amides is 1. The maximum atomic E-state index is 13.0. The number of methoxy groups -OCH3 is 2. The Morgan fingerprint density at radius 3 is 2.44 bits per heavy atom. The summed E-state index contributed by atoms with van der Waals surface area (Å²) in [7, 11) is 3.08. The van der Waals surface area contributed by atoms with Gasteiger partial charge >= 0.3 is 0 Å². The molecule has 1 unspecified atom stereocenters. The minimum atomic E-state index is -0.739. The lowest BCUT2D eigenvalue weighted by Gasteiger charge is -2.26. The van der Waals surface area contributed by atoms with Gasteiger partial charge in [0.1, 0.15) is 11.5 Å². The quantitative estimate of drug-likeness (QED) is 0.753. The number of benzene rings is 1. The van der Waals surface area contributed by atoms with Gasteiger partial charge in [-0.25, -0.2) is 0 Å². The fraction of sp³-hybridized carbons (Fsp3) is 0.300. The average Bonchev–Trinajstić information content (AvgIpc) is 3.22. The molecule has 2 aromatic rings. The summed E-state index contributed by atoms with van der Waals surface area (Å²) in [4.78, 5) is 27.0. The van der Waals surface area contributed by atoms with Crippen molar-refractivity contribution in [3.05, 3.63) is 64.8 Å². The monoisotopic (exact) mass is 371 g/mol. The van der Waals surface area contributed by atoms with Crippen LogP contribution in [0.4, 0.5) is 0 Å². The van der Waals surface area contributed by atoms with Gasteiger partial charge in [0, 0.05) is 13.7 Å². The zero-order chi connectivity index (χ0) is 19.6. The normalized spacial score (nSPS) is 16.9. The largest absolute Gasteiger partial charge is 0.503 e. The van der Waals surface area contributed by atoms with Crippen molar-refractivity contribution in [3.8, 4) is 5.75 Å². The molecule has 1 aliphatic heterocycles. The SMILES string of the molecule is COCCN1C(=O)C(O)=C(C(=O)c2ccc(C)o2)C1c1ccc(OC)cc1. The number of ketones is 1. The van der Waals surface area contributed by atoms with Crippen molar-refractivity contribution in [2.45, 2.75) is 13.0 Å². The molecule has 2 heterocycles. The number of furan rings is 1. The minimum absolute atomic E-state index is 0.00406. The Balaban J connectivity index is 2.05. The molecular weight excluding hydrogens is 350 g/mol. The number of nitrogens with zero attached hydrogens (tertiary/aromatic N) is 1. The van der Waals surface area contributed by atoms with Crippen LogP contribution in [0.15, 0.2) is 52.1 Å². The van der Waals surface area contributed by atoms with E-state index in [1.165, 1.54) is 18.1 Å². The van der Waals surface area contributed by atoms with Gasteiger partial charge < -0.3 is 23.9 Å². The molecule has 1 amide bonds. The maximum Gasteiger partial charge on any atom is 0.290 e.